The van der Waals surface area contributed by atoms with Gasteiger partial charge in [-0.3, -0.25) is 4.79 Å². The van der Waals surface area contributed by atoms with Crippen LogP contribution in [-0.4, -0.2) is 49.2 Å². The highest BCUT2D eigenvalue weighted by molar-refractivity contribution is 6.06. The Bertz CT molecular complexity index is 1050. The number of hydrogen-bond donors (Lipinski definition) is 1. The maximum atomic E-state index is 13.0. The number of amides is 1. The van der Waals surface area contributed by atoms with E-state index in [1.165, 1.54) is 0 Å². The minimum atomic E-state index is -0.292. The number of piperazine rings is 1. The van der Waals surface area contributed by atoms with Crippen LogP contribution in [0.5, 0.6) is 5.75 Å². The van der Waals surface area contributed by atoms with Crippen molar-refractivity contribution in [2.75, 3.05) is 43.4 Å². The molecule has 2 aliphatic rings. The van der Waals surface area contributed by atoms with Gasteiger partial charge in [0.05, 0.1) is 22.5 Å². The lowest BCUT2D eigenvalue weighted by molar-refractivity contribution is 0.101. The SMILES string of the molecule is CN1CCN(c2ccccc2NC(=O)c2noc3c2COc2ccccc2-3)CC1. The molecular formula is C22H22N4O3. The Morgan fingerprint density at radius 1 is 1.03 bits per heavy atom. The summed E-state index contributed by atoms with van der Waals surface area (Å²) in [6.07, 6.45) is 0. The fraction of sp³-hybridized carbons (Fsp3) is 0.273. The number of fused-ring (bicyclic) bond motifs is 3. The highest BCUT2D eigenvalue weighted by atomic mass is 16.5. The first-order valence-electron chi connectivity index (χ1n) is 9.75. The number of ether oxygens (including phenoxy) is 1. The summed E-state index contributed by atoms with van der Waals surface area (Å²) in [4.78, 5) is 17.6. The number of anilines is 2. The molecule has 3 heterocycles. The first kappa shape index (κ1) is 17.8. The molecule has 1 fully saturated rings. The summed E-state index contributed by atoms with van der Waals surface area (Å²) in [6.45, 7) is 4.10. The van der Waals surface area contributed by atoms with Crippen molar-refractivity contribution in [1.29, 1.82) is 0 Å². The summed E-state index contributed by atoms with van der Waals surface area (Å²) >= 11 is 0. The number of nitrogens with one attached hydrogen (secondary N) is 1. The van der Waals surface area contributed by atoms with Crippen molar-refractivity contribution in [1.82, 2.24) is 10.1 Å². The number of hydrogen-bond acceptors (Lipinski definition) is 6. The van der Waals surface area contributed by atoms with Gasteiger partial charge in [0, 0.05) is 26.2 Å². The van der Waals surface area contributed by atoms with E-state index in [1.807, 2.05) is 48.5 Å². The molecule has 5 rings (SSSR count). The number of likely N-dealkylation sites (N-methyl/N-ethyl adjacent to an activating group) is 1. The Kier molecular flexibility index (Phi) is 4.44. The van der Waals surface area contributed by atoms with E-state index in [0.717, 1.165) is 48.9 Å². The lowest BCUT2D eigenvalue weighted by Crippen LogP contribution is -2.44. The Balaban J connectivity index is 1.41. The summed E-state index contributed by atoms with van der Waals surface area (Å²) in [7, 11) is 2.12. The van der Waals surface area contributed by atoms with Gasteiger partial charge in [-0.2, -0.15) is 0 Å². The Labute approximate surface area is 168 Å². The van der Waals surface area contributed by atoms with Crippen molar-refractivity contribution in [3.05, 3.63) is 59.8 Å². The summed E-state index contributed by atoms with van der Waals surface area (Å²) in [5.41, 5.74) is 3.56. The molecule has 7 nitrogen and oxygen atoms in total. The largest absolute Gasteiger partial charge is 0.488 e. The molecule has 0 unspecified atom stereocenters. The van der Waals surface area contributed by atoms with E-state index in [1.54, 1.807) is 0 Å². The van der Waals surface area contributed by atoms with Crippen molar-refractivity contribution >= 4 is 17.3 Å². The van der Waals surface area contributed by atoms with Gasteiger partial charge in [0.15, 0.2) is 11.5 Å². The van der Waals surface area contributed by atoms with E-state index >= 15 is 0 Å². The molecule has 2 aromatic carbocycles. The van der Waals surface area contributed by atoms with Crippen LogP contribution >= 0.6 is 0 Å². The normalized spacial score (nSPS) is 16.0. The van der Waals surface area contributed by atoms with Crippen molar-refractivity contribution in [3.8, 4) is 17.1 Å². The maximum absolute atomic E-state index is 13.0. The fourth-order valence-corrected chi connectivity index (χ4v) is 3.85. The van der Waals surface area contributed by atoms with Gasteiger partial charge < -0.3 is 24.4 Å². The van der Waals surface area contributed by atoms with Crippen LogP contribution in [0.4, 0.5) is 11.4 Å². The van der Waals surface area contributed by atoms with Crippen molar-refractivity contribution in [2.45, 2.75) is 6.61 Å². The van der Waals surface area contributed by atoms with Crippen LogP contribution in [0.15, 0.2) is 53.1 Å². The van der Waals surface area contributed by atoms with Gasteiger partial charge in [0.1, 0.15) is 12.4 Å². The van der Waals surface area contributed by atoms with Gasteiger partial charge in [-0.15, -0.1) is 0 Å². The van der Waals surface area contributed by atoms with Crippen LogP contribution in [0, 0.1) is 0 Å². The molecule has 1 N–H and O–H groups in total. The molecular weight excluding hydrogens is 368 g/mol. The third-order valence-corrected chi connectivity index (χ3v) is 5.50. The molecule has 7 heteroatoms. The molecule has 0 aliphatic carbocycles. The monoisotopic (exact) mass is 390 g/mol. The van der Waals surface area contributed by atoms with E-state index in [-0.39, 0.29) is 18.2 Å². The van der Waals surface area contributed by atoms with Gasteiger partial charge in [0.25, 0.3) is 5.91 Å². The molecule has 1 aromatic heterocycles. The molecule has 148 valence electrons. The van der Waals surface area contributed by atoms with Crippen molar-refractivity contribution in [3.63, 3.8) is 0 Å². The van der Waals surface area contributed by atoms with Crippen molar-refractivity contribution in [2.24, 2.45) is 0 Å². The average Bonchev–Trinajstić information content (AvgIpc) is 3.20. The maximum Gasteiger partial charge on any atom is 0.278 e. The average molecular weight is 390 g/mol. The van der Waals surface area contributed by atoms with E-state index < -0.39 is 0 Å². The lowest BCUT2D eigenvalue weighted by Gasteiger charge is -2.35. The lowest BCUT2D eigenvalue weighted by atomic mass is 10.0. The van der Waals surface area contributed by atoms with Crippen LogP contribution in [0.1, 0.15) is 16.1 Å². The standard InChI is InChI=1S/C22H22N4O3/c1-25-10-12-26(13-11-25)18-8-4-3-7-17(18)23-22(27)20-16-14-28-19-9-5-2-6-15(19)21(16)29-24-20/h2-9H,10-14H2,1H3,(H,23,27). The Morgan fingerprint density at radius 2 is 1.79 bits per heavy atom. The molecule has 1 amide bonds. The number of nitrogens with zero attached hydrogens (tertiary/aromatic N) is 3. The zero-order chi connectivity index (χ0) is 19.8. The third kappa shape index (κ3) is 3.23. The molecule has 0 spiro atoms. The smallest absolute Gasteiger partial charge is 0.278 e. The Hall–Kier alpha value is -3.32. The molecule has 0 radical (unpaired) electrons. The first-order valence-corrected chi connectivity index (χ1v) is 9.75. The van der Waals surface area contributed by atoms with Crippen LogP contribution in [0.3, 0.4) is 0 Å². The van der Waals surface area contributed by atoms with E-state index in [0.29, 0.717) is 11.3 Å². The number of carbonyl (C=O) groups excluding carboxylic acids is 1. The van der Waals surface area contributed by atoms with E-state index in [9.17, 15) is 4.79 Å². The zero-order valence-electron chi connectivity index (χ0n) is 16.2. The predicted molar refractivity (Wildman–Crippen MR) is 110 cm³/mol. The summed E-state index contributed by atoms with van der Waals surface area (Å²) < 4.78 is 11.3. The van der Waals surface area contributed by atoms with Gasteiger partial charge in [-0.05, 0) is 31.3 Å². The van der Waals surface area contributed by atoms with E-state index in [2.05, 4.69) is 27.3 Å². The highest BCUT2D eigenvalue weighted by Crippen LogP contribution is 2.38. The van der Waals surface area contributed by atoms with Crippen LogP contribution in [0.25, 0.3) is 11.3 Å². The zero-order valence-corrected chi connectivity index (χ0v) is 16.2. The number of benzene rings is 2. The van der Waals surface area contributed by atoms with Gasteiger partial charge in [-0.25, -0.2) is 0 Å². The van der Waals surface area contributed by atoms with Crippen molar-refractivity contribution < 1.29 is 14.1 Å². The predicted octanol–water partition coefficient (Wildman–Crippen LogP) is 3.24. The number of aromatic nitrogens is 1. The Morgan fingerprint density at radius 3 is 2.66 bits per heavy atom. The summed E-state index contributed by atoms with van der Waals surface area (Å²) in [5.74, 6) is 1.05. The highest BCUT2D eigenvalue weighted by Gasteiger charge is 2.29. The quantitative estimate of drug-likeness (QED) is 0.740. The molecule has 0 bridgehead atoms. The molecule has 0 saturated carbocycles. The van der Waals surface area contributed by atoms with Gasteiger partial charge in [0.2, 0.25) is 0 Å². The fourth-order valence-electron chi connectivity index (χ4n) is 3.85. The number of para-hydroxylation sites is 3. The first-order chi connectivity index (χ1) is 14.2. The molecule has 0 atom stereocenters. The van der Waals surface area contributed by atoms with Crippen LogP contribution in [0.2, 0.25) is 0 Å². The van der Waals surface area contributed by atoms with Crippen LogP contribution in [-0.2, 0) is 6.61 Å². The molecule has 29 heavy (non-hydrogen) atoms. The van der Waals surface area contributed by atoms with Crippen LogP contribution < -0.4 is 15.0 Å². The minimum absolute atomic E-state index is 0.263. The number of carbonyl (C=O) groups is 1. The molecule has 3 aromatic rings. The molecule has 2 aliphatic heterocycles. The van der Waals surface area contributed by atoms with E-state index in [4.69, 9.17) is 9.26 Å². The van der Waals surface area contributed by atoms with Gasteiger partial charge >= 0.3 is 0 Å². The minimum Gasteiger partial charge on any atom is -0.488 e. The number of rotatable bonds is 3. The topological polar surface area (TPSA) is 70.8 Å². The second-order valence-corrected chi connectivity index (χ2v) is 7.39. The summed E-state index contributed by atoms with van der Waals surface area (Å²) in [6, 6.07) is 15.5. The van der Waals surface area contributed by atoms with Gasteiger partial charge in [-0.1, -0.05) is 29.4 Å². The summed E-state index contributed by atoms with van der Waals surface area (Å²) in [5, 5.41) is 7.08. The third-order valence-electron chi connectivity index (χ3n) is 5.50. The second-order valence-electron chi connectivity index (χ2n) is 7.39. The second kappa shape index (κ2) is 7.25. The molecule has 1 saturated heterocycles.